The maximum absolute atomic E-state index is 6.31. The van der Waals surface area contributed by atoms with Crippen molar-refractivity contribution >= 4 is 0 Å². The lowest BCUT2D eigenvalue weighted by atomic mass is 9.71. The van der Waals surface area contributed by atoms with Crippen LogP contribution in [0.3, 0.4) is 0 Å². The van der Waals surface area contributed by atoms with E-state index in [0.717, 1.165) is 32.4 Å². The first kappa shape index (κ1) is 20.2. The van der Waals surface area contributed by atoms with Crippen LogP contribution in [0.1, 0.15) is 70.9 Å². The van der Waals surface area contributed by atoms with Crippen LogP contribution in [-0.2, 0) is 16.7 Å². The Morgan fingerprint density at radius 1 is 1.26 bits per heavy atom. The molecule has 1 aromatic carbocycles. The van der Waals surface area contributed by atoms with Crippen molar-refractivity contribution < 1.29 is 4.74 Å². The molecule has 0 amide bonds. The SMILES string of the molecule is C=C1CCC2(C/C1=C/N(C)Cc1ccc(C(C)(C)C)cc1)OCCC2CC. The van der Waals surface area contributed by atoms with Crippen LogP contribution in [0.5, 0.6) is 0 Å². The molecule has 1 aliphatic heterocycles. The zero-order valence-corrected chi connectivity index (χ0v) is 18.0. The van der Waals surface area contributed by atoms with E-state index in [0.29, 0.717) is 5.92 Å². The van der Waals surface area contributed by atoms with Crippen molar-refractivity contribution in [1.29, 1.82) is 0 Å². The highest BCUT2D eigenvalue weighted by Gasteiger charge is 2.45. The molecule has 148 valence electrons. The predicted octanol–water partition coefficient (Wildman–Crippen LogP) is 6.23. The van der Waals surface area contributed by atoms with E-state index in [1.807, 2.05) is 0 Å². The summed E-state index contributed by atoms with van der Waals surface area (Å²) in [5.74, 6) is 0.698. The molecule has 1 spiro atoms. The van der Waals surface area contributed by atoms with Crippen LogP contribution in [0, 0.1) is 5.92 Å². The topological polar surface area (TPSA) is 12.5 Å². The van der Waals surface area contributed by atoms with E-state index in [9.17, 15) is 0 Å². The van der Waals surface area contributed by atoms with Crippen molar-refractivity contribution in [2.24, 2.45) is 5.92 Å². The van der Waals surface area contributed by atoms with Gasteiger partial charge in [-0.3, -0.25) is 0 Å². The lowest BCUT2D eigenvalue weighted by Crippen LogP contribution is -2.38. The van der Waals surface area contributed by atoms with Gasteiger partial charge in [0, 0.05) is 32.8 Å². The molecule has 1 saturated carbocycles. The van der Waals surface area contributed by atoms with Crippen molar-refractivity contribution in [3.63, 3.8) is 0 Å². The maximum atomic E-state index is 6.31. The second kappa shape index (κ2) is 7.83. The molecule has 2 heteroatoms. The quantitative estimate of drug-likeness (QED) is 0.626. The molecule has 2 nitrogen and oxygen atoms in total. The first-order valence-corrected chi connectivity index (χ1v) is 10.6. The molecule has 1 aliphatic carbocycles. The maximum Gasteiger partial charge on any atom is 0.0755 e. The molecule has 3 rings (SSSR count). The molecule has 2 fully saturated rings. The summed E-state index contributed by atoms with van der Waals surface area (Å²) in [6.07, 6.45) is 7.98. The number of allylic oxidation sites excluding steroid dienone is 1. The zero-order chi connectivity index (χ0) is 19.7. The number of hydrogen-bond donors (Lipinski definition) is 0. The molecule has 0 bridgehead atoms. The van der Waals surface area contributed by atoms with Crippen molar-refractivity contribution in [1.82, 2.24) is 4.90 Å². The third-order valence-electron chi connectivity index (χ3n) is 6.51. The molecule has 1 heterocycles. The van der Waals surface area contributed by atoms with Crippen molar-refractivity contribution in [2.75, 3.05) is 13.7 Å². The smallest absolute Gasteiger partial charge is 0.0755 e. The Kier molecular flexibility index (Phi) is 5.86. The lowest BCUT2D eigenvalue weighted by Gasteiger charge is -2.40. The van der Waals surface area contributed by atoms with Gasteiger partial charge < -0.3 is 9.64 Å². The van der Waals surface area contributed by atoms with Gasteiger partial charge in [-0.05, 0) is 47.3 Å². The van der Waals surface area contributed by atoms with Gasteiger partial charge in [-0.25, -0.2) is 0 Å². The highest BCUT2D eigenvalue weighted by atomic mass is 16.5. The van der Waals surface area contributed by atoms with E-state index in [2.05, 4.69) is 76.7 Å². The summed E-state index contributed by atoms with van der Waals surface area (Å²) >= 11 is 0. The monoisotopic (exact) mass is 367 g/mol. The van der Waals surface area contributed by atoms with Crippen LogP contribution in [0.15, 0.2) is 48.2 Å². The average Bonchev–Trinajstić information content (AvgIpc) is 3.00. The first-order chi connectivity index (χ1) is 12.7. The zero-order valence-electron chi connectivity index (χ0n) is 18.0. The Balaban J connectivity index is 1.70. The average molecular weight is 368 g/mol. The van der Waals surface area contributed by atoms with Gasteiger partial charge in [-0.2, -0.15) is 0 Å². The van der Waals surface area contributed by atoms with Crippen molar-refractivity contribution in [3.8, 4) is 0 Å². The number of ether oxygens (including phenoxy) is 1. The molecule has 1 aromatic rings. The fourth-order valence-electron chi connectivity index (χ4n) is 4.74. The molecule has 27 heavy (non-hydrogen) atoms. The Labute approximate surface area is 166 Å². The molecule has 2 atom stereocenters. The highest BCUT2D eigenvalue weighted by molar-refractivity contribution is 5.34. The molecule has 0 aromatic heterocycles. The van der Waals surface area contributed by atoms with Crippen LogP contribution < -0.4 is 0 Å². The fraction of sp³-hybridized carbons (Fsp3) is 0.600. The Morgan fingerprint density at radius 2 is 1.96 bits per heavy atom. The van der Waals surface area contributed by atoms with Crippen molar-refractivity contribution in [2.45, 2.75) is 77.4 Å². The normalized spacial score (nSPS) is 27.5. The van der Waals surface area contributed by atoms with Crippen LogP contribution in [0.4, 0.5) is 0 Å². The standard InChI is InChI=1S/C25H37NO/c1-7-22-13-15-27-25(22)14-12-19(2)21(16-25)18-26(6)17-20-8-10-23(11-9-20)24(3,4)5/h8-11,18,22H,2,7,12-17H2,1,3-6H3/b21-18-. The second-order valence-corrected chi connectivity index (χ2v) is 9.60. The summed E-state index contributed by atoms with van der Waals surface area (Å²) in [7, 11) is 2.17. The molecule has 2 aliphatic rings. The third-order valence-corrected chi connectivity index (χ3v) is 6.51. The molecule has 0 N–H and O–H groups in total. The van der Waals surface area contributed by atoms with Crippen LogP contribution in [-0.4, -0.2) is 24.2 Å². The van der Waals surface area contributed by atoms with Gasteiger partial charge in [0.25, 0.3) is 0 Å². The van der Waals surface area contributed by atoms with Gasteiger partial charge in [0.2, 0.25) is 0 Å². The van der Waals surface area contributed by atoms with Crippen LogP contribution in [0.25, 0.3) is 0 Å². The highest BCUT2D eigenvalue weighted by Crippen LogP contribution is 2.47. The summed E-state index contributed by atoms with van der Waals surface area (Å²) in [6.45, 7) is 15.3. The van der Waals surface area contributed by atoms with Gasteiger partial charge in [-0.1, -0.05) is 70.5 Å². The molecular formula is C25H37NO. The van der Waals surface area contributed by atoms with Gasteiger partial charge in [-0.15, -0.1) is 0 Å². The summed E-state index contributed by atoms with van der Waals surface area (Å²) in [6, 6.07) is 9.06. The van der Waals surface area contributed by atoms with E-state index >= 15 is 0 Å². The van der Waals surface area contributed by atoms with Crippen LogP contribution in [0.2, 0.25) is 0 Å². The summed E-state index contributed by atoms with van der Waals surface area (Å²) in [5.41, 5.74) is 5.69. The Hall–Kier alpha value is -1.54. The third kappa shape index (κ3) is 4.48. The van der Waals surface area contributed by atoms with Crippen LogP contribution >= 0.6 is 0 Å². The minimum absolute atomic E-state index is 0.0664. The van der Waals surface area contributed by atoms with E-state index in [1.54, 1.807) is 0 Å². The summed E-state index contributed by atoms with van der Waals surface area (Å²) in [5, 5.41) is 0. The lowest BCUT2D eigenvalue weighted by molar-refractivity contribution is -0.0336. The van der Waals surface area contributed by atoms with Gasteiger partial charge >= 0.3 is 0 Å². The number of nitrogens with zero attached hydrogens (tertiary/aromatic N) is 1. The number of rotatable bonds is 4. The number of benzene rings is 1. The summed E-state index contributed by atoms with van der Waals surface area (Å²) < 4.78 is 6.31. The summed E-state index contributed by atoms with van der Waals surface area (Å²) in [4.78, 5) is 2.31. The second-order valence-electron chi connectivity index (χ2n) is 9.60. The van der Waals surface area contributed by atoms with Gasteiger partial charge in [0.1, 0.15) is 0 Å². The van der Waals surface area contributed by atoms with E-state index in [1.165, 1.54) is 35.1 Å². The molecule has 1 saturated heterocycles. The first-order valence-electron chi connectivity index (χ1n) is 10.6. The largest absolute Gasteiger partial charge is 0.376 e. The van der Waals surface area contributed by atoms with E-state index < -0.39 is 0 Å². The number of hydrogen-bond acceptors (Lipinski definition) is 2. The Bertz CT molecular complexity index is 694. The predicted molar refractivity (Wildman–Crippen MR) is 115 cm³/mol. The fourth-order valence-corrected chi connectivity index (χ4v) is 4.74. The van der Waals surface area contributed by atoms with E-state index in [4.69, 9.17) is 4.74 Å². The minimum Gasteiger partial charge on any atom is -0.376 e. The molecule has 2 unspecified atom stereocenters. The minimum atomic E-state index is 0.0664. The van der Waals surface area contributed by atoms with Gasteiger partial charge in [0.05, 0.1) is 5.60 Å². The van der Waals surface area contributed by atoms with Crippen molar-refractivity contribution in [3.05, 3.63) is 59.3 Å². The Morgan fingerprint density at radius 3 is 2.59 bits per heavy atom. The molecule has 0 radical (unpaired) electrons. The van der Waals surface area contributed by atoms with E-state index in [-0.39, 0.29) is 11.0 Å². The van der Waals surface area contributed by atoms with Gasteiger partial charge in [0.15, 0.2) is 0 Å². The molecular weight excluding hydrogens is 330 g/mol.